The van der Waals surface area contributed by atoms with Crippen molar-refractivity contribution >= 4 is 5.91 Å². The molecule has 106 valence electrons. The molecule has 0 aromatic heterocycles. The van der Waals surface area contributed by atoms with E-state index in [1.54, 1.807) is 6.92 Å². The van der Waals surface area contributed by atoms with E-state index < -0.39 is 5.54 Å². The fourth-order valence-corrected chi connectivity index (χ4v) is 2.87. The average Bonchev–Trinajstić information content (AvgIpc) is 2.36. The van der Waals surface area contributed by atoms with Gasteiger partial charge in [-0.15, -0.1) is 0 Å². The summed E-state index contributed by atoms with van der Waals surface area (Å²) in [4.78, 5) is 12.2. The molecule has 0 heterocycles. The van der Waals surface area contributed by atoms with Crippen LogP contribution in [0.4, 0.5) is 0 Å². The molecule has 5 N–H and O–H groups in total. The van der Waals surface area contributed by atoms with Crippen LogP contribution in [-0.2, 0) is 4.79 Å². The van der Waals surface area contributed by atoms with Crippen molar-refractivity contribution in [1.29, 1.82) is 0 Å². The third-order valence-corrected chi connectivity index (χ3v) is 4.08. The van der Waals surface area contributed by atoms with Crippen LogP contribution in [-0.4, -0.2) is 24.0 Å². The van der Waals surface area contributed by atoms with Gasteiger partial charge in [0.1, 0.15) is 0 Å². The molecule has 1 aliphatic carbocycles. The van der Waals surface area contributed by atoms with Gasteiger partial charge in [-0.1, -0.05) is 32.6 Å². The molecule has 0 radical (unpaired) electrons. The predicted octanol–water partition coefficient (Wildman–Crippen LogP) is 1.53. The second-order valence-corrected chi connectivity index (χ2v) is 5.88. The fraction of sp³-hybridized carbons (Fsp3) is 0.929. The van der Waals surface area contributed by atoms with Crippen molar-refractivity contribution in [3.8, 4) is 0 Å². The summed E-state index contributed by atoms with van der Waals surface area (Å²) in [6.07, 6.45) is 7.80. The van der Waals surface area contributed by atoms with Gasteiger partial charge in [-0.2, -0.15) is 0 Å². The summed E-state index contributed by atoms with van der Waals surface area (Å²) in [5.74, 6) is 0.482. The number of nitrogens with two attached hydrogens (primary N) is 2. The zero-order chi connectivity index (χ0) is 13.6. The highest BCUT2D eigenvalue weighted by atomic mass is 16.2. The first-order valence-electron chi connectivity index (χ1n) is 7.31. The van der Waals surface area contributed by atoms with E-state index in [1.807, 2.05) is 6.92 Å². The summed E-state index contributed by atoms with van der Waals surface area (Å²) < 4.78 is 0. The standard InChI is InChI=1S/C14H29N3O/c1-3-9-14(2,16)13(18)17-12(10-15)11-7-5-4-6-8-11/h11-12H,3-10,15-16H2,1-2H3,(H,17,18). The lowest BCUT2D eigenvalue weighted by molar-refractivity contribution is -0.127. The summed E-state index contributed by atoms with van der Waals surface area (Å²) in [7, 11) is 0. The molecule has 1 rings (SSSR count). The van der Waals surface area contributed by atoms with Crippen molar-refractivity contribution in [2.75, 3.05) is 6.54 Å². The number of amides is 1. The minimum absolute atomic E-state index is 0.0506. The van der Waals surface area contributed by atoms with Crippen LogP contribution in [0.25, 0.3) is 0 Å². The average molecular weight is 255 g/mol. The first-order chi connectivity index (χ1) is 8.51. The zero-order valence-corrected chi connectivity index (χ0v) is 11.9. The van der Waals surface area contributed by atoms with E-state index in [0.717, 1.165) is 6.42 Å². The maximum atomic E-state index is 12.2. The molecule has 0 saturated heterocycles. The SMILES string of the molecule is CCCC(C)(N)C(=O)NC(CN)C1CCCCC1. The smallest absolute Gasteiger partial charge is 0.240 e. The van der Waals surface area contributed by atoms with E-state index in [2.05, 4.69) is 5.32 Å². The highest BCUT2D eigenvalue weighted by Gasteiger charge is 2.31. The molecule has 4 nitrogen and oxygen atoms in total. The minimum atomic E-state index is -0.767. The van der Waals surface area contributed by atoms with Crippen LogP contribution in [0.15, 0.2) is 0 Å². The number of hydrogen-bond donors (Lipinski definition) is 3. The Bertz CT molecular complexity index is 260. The maximum absolute atomic E-state index is 12.2. The van der Waals surface area contributed by atoms with Gasteiger partial charge in [-0.25, -0.2) is 0 Å². The van der Waals surface area contributed by atoms with Crippen molar-refractivity contribution in [1.82, 2.24) is 5.32 Å². The lowest BCUT2D eigenvalue weighted by Crippen LogP contribution is -2.57. The molecule has 1 fully saturated rings. The molecule has 0 aromatic rings. The molecule has 18 heavy (non-hydrogen) atoms. The Morgan fingerprint density at radius 3 is 2.50 bits per heavy atom. The van der Waals surface area contributed by atoms with Crippen LogP contribution in [0, 0.1) is 5.92 Å². The van der Waals surface area contributed by atoms with Gasteiger partial charge in [0.05, 0.1) is 5.54 Å². The Morgan fingerprint density at radius 1 is 1.39 bits per heavy atom. The van der Waals surface area contributed by atoms with E-state index in [1.165, 1.54) is 32.1 Å². The van der Waals surface area contributed by atoms with Crippen molar-refractivity contribution in [3.63, 3.8) is 0 Å². The number of carbonyl (C=O) groups is 1. The number of rotatable bonds is 6. The Labute approximate surface area is 111 Å². The quantitative estimate of drug-likeness (QED) is 0.673. The molecular weight excluding hydrogens is 226 g/mol. The lowest BCUT2D eigenvalue weighted by Gasteiger charge is -2.33. The highest BCUT2D eigenvalue weighted by Crippen LogP contribution is 2.26. The van der Waals surface area contributed by atoms with Gasteiger partial charge >= 0.3 is 0 Å². The largest absolute Gasteiger partial charge is 0.350 e. The van der Waals surface area contributed by atoms with Crippen molar-refractivity contribution < 1.29 is 4.79 Å². The van der Waals surface area contributed by atoms with Crippen LogP contribution < -0.4 is 16.8 Å². The molecule has 1 saturated carbocycles. The fourth-order valence-electron chi connectivity index (χ4n) is 2.87. The molecule has 0 bridgehead atoms. The van der Waals surface area contributed by atoms with Gasteiger partial charge < -0.3 is 16.8 Å². The molecule has 2 unspecified atom stereocenters. The summed E-state index contributed by atoms with van der Waals surface area (Å²) in [6.45, 7) is 4.36. The van der Waals surface area contributed by atoms with Crippen molar-refractivity contribution in [2.24, 2.45) is 17.4 Å². The van der Waals surface area contributed by atoms with E-state index >= 15 is 0 Å². The Morgan fingerprint density at radius 2 is 2.00 bits per heavy atom. The van der Waals surface area contributed by atoms with E-state index in [9.17, 15) is 4.79 Å². The summed E-state index contributed by atoms with van der Waals surface area (Å²) in [5, 5.41) is 3.07. The van der Waals surface area contributed by atoms with Gasteiger partial charge in [0.2, 0.25) is 5.91 Å². The second kappa shape index (κ2) is 7.10. The number of nitrogens with one attached hydrogen (secondary N) is 1. The summed E-state index contributed by atoms with van der Waals surface area (Å²) in [6, 6.07) is 0.0949. The molecule has 0 aromatic carbocycles. The van der Waals surface area contributed by atoms with Crippen molar-refractivity contribution in [2.45, 2.75) is 70.4 Å². The minimum Gasteiger partial charge on any atom is -0.350 e. The normalized spacial score (nSPS) is 22.2. The molecular formula is C14H29N3O. The molecule has 1 aliphatic rings. The summed E-state index contributed by atoms with van der Waals surface area (Å²) in [5.41, 5.74) is 11.1. The number of hydrogen-bond acceptors (Lipinski definition) is 3. The maximum Gasteiger partial charge on any atom is 0.240 e. The monoisotopic (exact) mass is 255 g/mol. The third kappa shape index (κ3) is 4.25. The highest BCUT2D eigenvalue weighted by molar-refractivity contribution is 5.85. The molecule has 0 spiro atoms. The van der Waals surface area contributed by atoms with Gasteiger partial charge in [0, 0.05) is 12.6 Å². The lowest BCUT2D eigenvalue weighted by atomic mass is 9.83. The van der Waals surface area contributed by atoms with E-state index in [-0.39, 0.29) is 11.9 Å². The van der Waals surface area contributed by atoms with Crippen LogP contribution >= 0.6 is 0 Å². The van der Waals surface area contributed by atoms with Gasteiger partial charge in [-0.3, -0.25) is 4.79 Å². The first kappa shape index (κ1) is 15.4. The van der Waals surface area contributed by atoms with Crippen molar-refractivity contribution in [3.05, 3.63) is 0 Å². The summed E-state index contributed by atoms with van der Waals surface area (Å²) >= 11 is 0. The topological polar surface area (TPSA) is 81.1 Å². The van der Waals surface area contributed by atoms with Gasteiger partial charge in [0.15, 0.2) is 0 Å². The zero-order valence-electron chi connectivity index (χ0n) is 11.9. The van der Waals surface area contributed by atoms with E-state index in [0.29, 0.717) is 18.9 Å². The van der Waals surface area contributed by atoms with Crippen LogP contribution in [0.2, 0.25) is 0 Å². The van der Waals surface area contributed by atoms with E-state index in [4.69, 9.17) is 11.5 Å². The Hall–Kier alpha value is -0.610. The van der Waals surface area contributed by atoms with Gasteiger partial charge in [0.25, 0.3) is 0 Å². The number of carbonyl (C=O) groups excluding carboxylic acids is 1. The van der Waals surface area contributed by atoms with Crippen LogP contribution in [0.1, 0.15) is 58.8 Å². The molecule has 4 heteroatoms. The Balaban J connectivity index is 2.53. The first-order valence-corrected chi connectivity index (χ1v) is 7.31. The predicted molar refractivity (Wildman–Crippen MR) is 75.1 cm³/mol. The van der Waals surface area contributed by atoms with Gasteiger partial charge in [-0.05, 0) is 32.1 Å². The van der Waals surface area contributed by atoms with Crippen LogP contribution in [0.5, 0.6) is 0 Å². The van der Waals surface area contributed by atoms with Crippen LogP contribution in [0.3, 0.4) is 0 Å². The second-order valence-electron chi connectivity index (χ2n) is 5.88. The molecule has 0 aliphatic heterocycles. The molecule has 2 atom stereocenters. The third-order valence-electron chi connectivity index (χ3n) is 4.08. The Kier molecular flexibility index (Phi) is 6.09. The molecule has 1 amide bonds.